The number of nitrogens with one attached hydrogen (secondary N) is 1. The number of anilines is 1. The lowest BCUT2D eigenvalue weighted by Gasteiger charge is -2.36. The van der Waals surface area contributed by atoms with Gasteiger partial charge in [0, 0.05) is 54.7 Å². The number of methoxy groups -OCH3 is 1. The molecule has 4 aromatic rings. The third-order valence-electron chi connectivity index (χ3n) is 6.20. The fourth-order valence-electron chi connectivity index (χ4n) is 4.51. The first kappa shape index (κ1) is 20.7. The number of aliphatic hydroxyl groups is 1. The van der Waals surface area contributed by atoms with Crippen molar-refractivity contribution in [2.45, 2.75) is 6.10 Å². The molecular formula is C26H29N3O3. The zero-order valence-corrected chi connectivity index (χ0v) is 18.3. The molecule has 166 valence electrons. The Labute approximate surface area is 188 Å². The van der Waals surface area contributed by atoms with Crippen LogP contribution in [0.1, 0.15) is 0 Å². The van der Waals surface area contributed by atoms with Crippen LogP contribution in [0.2, 0.25) is 0 Å². The van der Waals surface area contributed by atoms with Gasteiger partial charge in [0.25, 0.3) is 0 Å². The van der Waals surface area contributed by atoms with Crippen molar-refractivity contribution in [1.82, 2.24) is 9.88 Å². The molecule has 3 aromatic carbocycles. The van der Waals surface area contributed by atoms with Crippen LogP contribution in [-0.4, -0.2) is 67.5 Å². The Hall–Kier alpha value is -3.22. The highest BCUT2D eigenvalue weighted by Gasteiger charge is 2.20. The molecular weight excluding hydrogens is 402 g/mol. The number of fused-ring (bicyclic) bond motifs is 3. The van der Waals surface area contributed by atoms with E-state index in [4.69, 9.17) is 9.47 Å². The number of aliphatic hydroxyl groups excluding tert-OH is 1. The van der Waals surface area contributed by atoms with Gasteiger partial charge in [0.15, 0.2) is 0 Å². The SMILES string of the molecule is COc1ccc(N2CCN(CC(O)COc3cccc4[nH]c5ccccc5c34)CC2)cc1. The first-order valence-electron chi connectivity index (χ1n) is 11.1. The van der Waals surface area contributed by atoms with E-state index < -0.39 is 6.10 Å². The van der Waals surface area contributed by atoms with Crippen molar-refractivity contribution in [3.8, 4) is 11.5 Å². The summed E-state index contributed by atoms with van der Waals surface area (Å²) in [6.07, 6.45) is -0.539. The summed E-state index contributed by atoms with van der Waals surface area (Å²) < 4.78 is 11.3. The largest absolute Gasteiger partial charge is 0.497 e. The number of β-amino-alcohol motifs (C(OH)–C–C–N with tert-alkyl or cyclic N) is 1. The van der Waals surface area contributed by atoms with Gasteiger partial charge in [0.1, 0.15) is 24.2 Å². The van der Waals surface area contributed by atoms with E-state index in [9.17, 15) is 5.11 Å². The third-order valence-corrected chi connectivity index (χ3v) is 6.20. The van der Waals surface area contributed by atoms with Crippen LogP contribution in [0.15, 0.2) is 66.7 Å². The minimum absolute atomic E-state index is 0.275. The number of aromatic amines is 1. The summed E-state index contributed by atoms with van der Waals surface area (Å²) in [4.78, 5) is 8.11. The van der Waals surface area contributed by atoms with E-state index >= 15 is 0 Å². The van der Waals surface area contributed by atoms with E-state index in [1.165, 1.54) is 5.69 Å². The quantitative estimate of drug-likeness (QED) is 0.465. The van der Waals surface area contributed by atoms with Crippen molar-refractivity contribution >= 4 is 27.5 Å². The predicted molar refractivity (Wildman–Crippen MR) is 129 cm³/mol. The molecule has 5 rings (SSSR count). The molecule has 0 saturated carbocycles. The Kier molecular flexibility index (Phi) is 5.88. The number of benzene rings is 3. The third kappa shape index (κ3) is 4.24. The molecule has 32 heavy (non-hydrogen) atoms. The standard InChI is InChI=1S/C26H29N3O3/c1-31-21-11-9-19(10-12-21)29-15-13-28(14-16-29)17-20(30)18-32-25-8-4-7-24-26(25)22-5-2-3-6-23(22)27-24/h2-12,20,27,30H,13-18H2,1H3. The van der Waals surface area contributed by atoms with Crippen molar-refractivity contribution in [1.29, 1.82) is 0 Å². The number of rotatable bonds is 7. The van der Waals surface area contributed by atoms with Gasteiger partial charge < -0.3 is 24.5 Å². The second-order valence-corrected chi connectivity index (χ2v) is 8.30. The average Bonchev–Trinajstić information content (AvgIpc) is 3.23. The summed E-state index contributed by atoms with van der Waals surface area (Å²) in [6.45, 7) is 4.60. The first-order valence-corrected chi connectivity index (χ1v) is 11.1. The summed E-state index contributed by atoms with van der Waals surface area (Å²) in [5, 5.41) is 12.9. The van der Waals surface area contributed by atoms with Crippen LogP contribution in [-0.2, 0) is 0 Å². The minimum Gasteiger partial charge on any atom is -0.497 e. The van der Waals surface area contributed by atoms with Crippen molar-refractivity contribution in [3.05, 3.63) is 66.7 Å². The molecule has 1 atom stereocenters. The summed E-state index contributed by atoms with van der Waals surface area (Å²) in [5.41, 5.74) is 3.35. The van der Waals surface area contributed by atoms with Crippen LogP contribution < -0.4 is 14.4 Å². The summed E-state index contributed by atoms with van der Waals surface area (Å²) in [5.74, 6) is 1.68. The molecule has 1 aromatic heterocycles. The highest BCUT2D eigenvalue weighted by molar-refractivity contribution is 6.10. The molecule has 0 radical (unpaired) electrons. The highest BCUT2D eigenvalue weighted by atomic mass is 16.5. The fourth-order valence-corrected chi connectivity index (χ4v) is 4.51. The van der Waals surface area contributed by atoms with Crippen LogP contribution in [0.25, 0.3) is 21.8 Å². The molecule has 0 amide bonds. The molecule has 1 saturated heterocycles. The van der Waals surface area contributed by atoms with E-state index in [-0.39, 0.29) is 6.61 Å². The topological polar surface area (TPSA) is 61.0 Å². The Morgan fingerprint density at radius 3 is 2.44 bits per heavy atom. The first-order chi connectivity index (χ1) is 15.7. The number of piperazine rings is 1. The number of H-pyrrole nitrogens is 1. The fraction of sp³-hybridized carbons (Fsp3) is 0.308. The molecule has 0 bridgehead atoms. The zero-order chi connectivity index (χ0) is 21.9. The summed E-state index contributed by atoms with van der Waals surface area (Å²) >= 11 is 0. The van der Waals surface area contributed by atoms with Crippen LogP contribution in [0, 0.1) is 0 Å². The molecule has 1 fully saturated rings. The smallest absolute Gasteiger partial charge is 0.129 e. The zero-order valence-electron chi connectivity index (χ0n) is 18.3. The van der Waals surface area contributed by atoms with Crippen LogP contribution >= 0.6 is 0 Å². The van der Waals surface area contributed by atoms with E-state index in [2.05, 4.69) is 45.1 Å². The molecule has 1 aliphatic rings. The van der Waals surface area contributed by atoms with Crippen LogP contribution in [0.4, 0.5) is 5.69 Å². The monoisotopic (exact) mass is 431 g/mol. The Morgan fingerprint density at radius 2 is 1.66 bits per heavy atom. The Bertz CT molecular complexity index is 1180. The average molecular weight is 432 g/mol. The van der Waals surface area contributed by atoms with Gasteiger partial charge >= 0.3 is 0 Å². The number of para-hydroxylation sites is 1. The normalized spacial score (nSPS) is 15.9. The summed E-state index contributed by atoms with van der Waals surface area (Å²) in [6, 6.07) is 22.4. The maximum absolute atomic E-state index is 10.6. The van der Waals surface area contributed by atoms with Crippen molar-refractivity contribution in [2.75, 3.05) is 51.3 Å². The maximum Gasteiger partial charge on any atom is 0.129 e. The molecule has 2 heterocycles. The maximum atomic E-state index is 10.6. The van der Waals surface area contributed by atoms with Gasteiger partial charge in [-0.1, -0.05) is 24.3 Å². The van der Waals surface area contributed by atoms with Gasteiger partial charge in [0.2, 0.25) is 0 Å². The lowest BCUT2D eigenvalue weighted by Crippen LogP contribution is -2.49. The molecule has 0 aliphatic carbocycles. The van der Waals surface area contributed by atoms with Crippen molar-refractivity contribution < 1.29 is 14.6 Å². The van der Waals surface area contributed by atoms with Gasteiger partial charge in [-0.3, -0.25) is 4.90 Å². The molecule has 6 heteroatoms. The Balaban J connectivity index is 1.16. The summed E-state index contributed by atoms with van der Waals surface area (Å²) in [7, 11) is 1.68. The lowest BCUT2D eigenvalue weighted by molar-refractivity contribution is 0.0668. The molecule has 6 nitrogen and oxygen atoms in total. The molecule has 1 aliphatic heterocycles. The van der Waals surface area contributed by atoms with Crippen molar-refractivity contribution in [2.24, 2.45) is 0 Å². The van der Waals surface area contributed by atoms with E-state index in [0.717, 1.165) is 59.5 Å². The Morgan fingerprint density at radius 1 is 0.906 bits per heavy atom. The van der Waals surface area contributed by atoms with Gasteiger partial charge in [-0.15, -0.1) is 0 Å². The van der Waals surface area contributed by atoms with E-state index in [1.54, 1.807) is 7.11 Å². The predicted octanol–water partition coefficient (Wildman–Crippen LogP) is 3.89. The lowest BCUT2D eigenvalue weighted by atomic mass is 10.1. The van der Waals surface area contributed by atoms with E-state index in [1.807, 2.05) is 36.4 Å². The minimum atomic E-state index is -0.539. The van der Waals surface area contributed by atoms with Crippen molar-refractivity contribution in [3.63, 3.8) is 0 Å². The number of nitrogens with zero attached hydrogens (tertiary/aromatic N) is 2. The van der Waals surface area contributed by atoms with Gasteiger partial charge in [-0.05, 0) is 42.5 Å². The second kappa shape index (κ2) is 9.10. The molecule has 2 N–H and O–H groups in total. The van der Waals surface area contributed by atoms with Gasteiger partial charge in [-0.2, -0.15) is 0 Å². The second-order valence-electron chi connectivity index (χ2n) is 8.30. The van der Waals surface area contributed by atoms with Gasteiger partial charge in [0.05, 0.1) is 12.6 Å². The van der Waals surface area contributed by atoms with Gasteiger partial charge in [-0.25, -0.2) is 0 Å². The number of aromatic nitrogens is 1. The highest BCUT2D eigenvalue weighted by Crippen LogP contribution is 2.33. The molecule has 0 spiro atoms. The number of hydrogen-bond donors (Lipinski definition) is 2. The van der Waals surface area contributed by atoms with Crippen LogP contribution in [0.3, 0.4) is 0 Å². The number of hydrogen-bond acceptors (Lipinski definition) is 5. The number of ether oxygens (including phenoxy) is 2. The van der Waals surface area contributed by atoms with Crippen LogP contribution in [0.5, 0.6) is 11.5 Å². The van der Waals surface area contributed by atoms with E-state index in [0.29, 0.717) is 6.54 Å². The molecule has 1 unspecified atom stereocenters.